The summed E-state index contributed by atoms with van der Waals surface area (Å²) >= 11 is 0. The number of fused-ring (bicyclic) bond motifs is 6. The van der Waals surface area contributed by atoms with Gasteiger partial charge in [0.05, 0.1) is 30.6 Å². The first-order chi connectivity index (χ1) is 14.1. The van der Waals surface area contributed by atoms with Gasteiger partial charge in [-0.15, -0.1) is 0 Å². The predicted octanol–water partition coefficient (Wildman–Crippen LogP) is 4.36. The summed E-state index contributed by atoms with van der Waals surface area (Å²) in [5, 5.41) is 0. The zero-order valence-electron chi connectivity index (χ0n) is 17.0. The molecule has 0 bridgehead atoms. The molecule has 0 aliphatic rings. The van der Waals surface area contributed by atoms with Gasteiger partial charge < -0.3 is 0 Å². The molecule has 6 aromatic rings. The molecule has 0 amide bonds. The molecule has 0 spiro atoms. The molecule has 3 aromatic heterocycles. The second kappa shape index (κ2) is 5.47. The number of aromatic nitrogens is 5. The number of nitrogens with zero attached hydrogens (tertiary/aromatic N) is 5. The molecule has 0 saturated carbocycles. The van der Waals surface area contributed by atoms with Gasteiger partial charge in [-0.1, -0.05) is 30.3 Å². The minimum absolute atomic E-state index is 0.941. The van der Waals surface area contributed by atoms with Crippen molar-refractivity contribution in [3.8, 4) is 5.95 Å². The molecule has 0 aliphatic carbocycles. The van der Waals surface area contributed by atoms with Gasteiger partial charge in [-0.3, -0.25) is 4.40 Å². The lowest BCUT2D eigenvalue weighted by molar-refractivity contribution is -0.639. The van der Waals surface area contributed by atoms with Crippen LogP contribution < -0.4 is 4.57 Å². The molecule has 0 atom stereocenters. The van der Waals surface area contributed by atoms with E-state index in [1.165, 1.54) is 33.2 Å². The molecule has 0 aliphatic heterocycles. The quantitative estimate of drug-likeness (QED) is 0.390. The predicted molar refractivity (Wildman–Crippen MR) is 117 cm³/mol. The van der Waals surface area contributed by atoms with Crippen molar-refractivity contribution in [2.75, 3.05) is 0 Å². The van der Waals surface area contributed by atoms with E-state index >= 15 is 0 Å². The van der Waals surface area contributed by atoms with Gasteiger partial charge in [0, 0.05) is 0 Å². The van der Waals surface area contributed by atoms with E-state index in [9.17, 15) is 0 Å². The van der Waals surface area contributed by atoms with E-state index in [1.54, 1.807) is 0 Å². The highest BCUT2D eigenvalue weighted by Gasteiger charge is 2.29. The van der Waals surface area contributed by atoms with Crippen LogP contribution in [0.25, 0.3) is 44.8 Å². The number of hydrogen-bond acceptors (Lipinski definition) is 1. The van der Waals surface area contributed by atoms with E-state index in [0.29, 0.717) is 0 Å². The van der Waals surface area contributed by atoms with Crippen molar-refractivity contribution in [1.82, 2.24) is 18.5 Å². The Balaban J connectivity index is 1.92. The van der Waals surface area contributed by atoms with Gasteiger partial charge in [0.2, 0.25) is 0 Å². The van der Waals surface area contributed by atoms with Crippen molar-refractivity contribution >= 4 is 38.9 Å². The van der Waals surface area contributed by atoms with Crippen LogP contribution in [0.15, 0.2) is 60.7 Å². The molecule has 3 aromatic carbocycles. The second-order valence-corrected chi connectivity index (χ2v) is 7.85. The number of benzene rings is 3. The Morgan fingerprint density at radius 1 is 0.828 bits per heavy atom. The van der Waals surface area contributed by atoms with E-state index < -0.39 is 0 Å². The molecule has 29 heavy (non-hydrogen) atoms. The zero-order valence-corrected chi connectivity index (χ0v) is 17.0. The maximum Gasteiger partial charge on any atom is 0.372 e. The van der Waals surface area contributed by atoms with Crippen LogP contribution in [0.3, 0.4) is 0 Å². The van der Waals surface area contributed by atoms with Gasteiger partial charge in [-0.25, -0.2) is 9.13 Å². The molecule has 3 heterocycles. The Hall–Kier alpha value is -3.60. The molecular formula is C24H22N5+. The van der Waals surface area contributed by atoms with E-state index in [1.807, 2.05) is 6.07 Å². The third-order valence-corrected chi connectivity index (χ3v) is 6.29. The van der Waals surface area contributed by atoms with Crippen molar-refractivity contribution < 1.29 is 4.57 Å². The number of hydrogen-bond donors (Lipinski definition) is 0. The zero-order chi connectivity index (χ0) is 19.9. The number of aryl methyl sites for hydroxylation is 4. The second-order valence-electron chi connectivity index (χ2n) is 7.85. The maximum atomic E-state index is 5.05. The van der Waals surface area contributed by atoms with Crippen molar-refractivity contribution in [2.24, 2.45) is 14.1 Å². The summed E-state index contributed by atoms with van der Waals surface area (Å²) in [6.07, 6.45) is 0. The molecule has 0 radical (unpaired) electrons. The first-order valence-corrected chi connectivity index (χ1v) is 9.89. The van der Waals surface area contributed by atoms with Crippen LogP contribution in [0, 0.1) is 13.8 Å². The summed E-state index contributed by atoms with van der Waals surface area (Å²) in [6.45, 7) is 4.38. The van der Waals surface area contributed by atoms with Gasteiger partial charge >= 0.3 is 5.95 Å². The lowest BCUT2D eigenvalue weighted by atomic mass is 10.1. The van der Waals surface area contributed by atoms with Gasteiger partial charge in [0.25, 0.3) is 5.78 Å². The monoisotopic (exact) mass is 380 g/mol. The lowest BCUT2D eigenvalue weighted by Crippen LogP contribution is -2.33. The first-order valence-electron chi connectivity index (χ1n) is 9.89. The summed E-state index contributed by atoms with van der Waals surface area (Å²) < 4.78 is 9.12. The van der Waals surface area contributed by atoms with Crippen molar-refractivity contribution in [3.05, 3.63) is 71.8 Å². The normalized spacial score (nSPS) is 12.1. The van der Waals surface area contributed by atoms with Crippen LogP contribution in [0.5, 0.6) is 0 Å². The summed E-state index contributed by atoms with van der Waals surface area (Å²) in [6, 6.07) is 21.3. The molecule has 0 unspecified atom stereocenters. The summed E-state index contributed by atoms with van der Waals surface area (Å²) in [4.78, 5) is 5.05. The average Bonchev–Trinajstić information content (AvgIpc) is 3.34. The average molecular weight is 380 g/mol. The Labute approximate surface area is 168 Å². The molecule has 0 N–H and O–H groups in total. The smallest absolute Gasteiger partial charge is 0.262 e. The highest BCUT2D eigenvalue weighted by Crippen LogP contribution is 2.32. The van der Waals surface area contributed by atoms with Crippen molar-refractivity contribution in [3.63, 3.8) is 0 Å². The molecule has 142 valence electrons. The molecular weight excluding hydrogens is 358 g/mol. The fourth-order valence-electron chi connectivity index (χ4n) is 4.71. The number of para-hydroxylation sites is 4. The minimum atomic E-state index is 0.941. The maximum absolute atomic E-state index is 5.05. The summed E-state index contributed by atoms with van der Waals surface area (Å²) in [5.41, 5.74) is 9.50. The Bertz CT molecular complexity index is 1550. The van der Waals surface area contributed by atoms with Crippen LogP contribution >= 0.6 is 0 Å². The SMILES string of the molecule is Cc1ccc2c(c1C)n(-c1n(C)c3ccccc3[n+]1C)c1nc3ccccc3n21. The molecule has 0 saturated heterocycles. The number of rotatable bonds is 1. The fraction of sp³-hybridized carbons (Fsp3) is 0.167. The summed E-state index contributed by atoms with van der Waals surface area (Å²) in [5.74, 6) is 2.03. The Kier molecular flexibility index (Phi) is 3.09. The summed E-state index contributed by atoms with van der Waals surface area (Å²) in [7, 11) is 4.27. The molecule has 5 heteroatoms. The van der Waals surface area contributed by atoms with Crippen LogP contribution in [0.4, 0.5) is 0 Å². The van der Waals surface area contributed by atoms with E-state index in [-0.39, 0.29) is 0 Å². The number of imidazole rings is 3. The first kappa shape index (κ1) is 16.4. The van der Waals surface area contributed by atoms with Gasteiger partial charge in [-0.2, -0.15) is 9.55 Å². The van der Waals surface area contributed by atoms with E-state index in [4.69, 9.17) is 4.98 Å². The fourth-order valence-corrected chi connectivity index (χ4v) is 4.71. The highest BCUT2D eigenvalue weighted by atomic mass is 15.3. The molecule has 0 fully saturated rings. The van der Waals surface area contributed by atoms with Crippen molar-refractivity contribution in [1.29, 1.82) is 0 Å². The molecule has 6 rings (SSSR count). The van der Waals surface area contributed by atoms with Crippen molar-refractivity contribution in [2.45, 2.75) is 13.8 Å². The standard InChI is InChI=1S/C24H22N5/c1-15-13-14-21-22(16(15)2)29(23-25-17-9-5-6-10-18(17)28(21)23)24-26(3)19-11-7-8-12-20(19)27(24)4/h5-14H,1-4H3/q+1. The van der Waals surface area contributed by atoms with Crippen LogP contribution in [0.2, 0.25) is 0 Å². The van der Waals surface area contributed by atoms with Gasteiger partial charge in [0.1, 0.15) is 16.6 Å². The Morgan fingerprint density at radius 3 is 2.34 bits per heavy atom. The third kappa shape index (κ3) is 1.94. The highest BCUT2D eigenvalue weighted by molar-refractivity contribution is 5.93. The molecule has 5 nitrogen and oxygen atoms in total. The third-order valence-electron chi connectivity index (χ3n) is 6.29. The van der Waals surface area contributed by atoms with Crippen LogP contribution in [-0.4, -0.2) is 18.5 Å². The van der Waals surface area contributed by atoms with E-state index in [2.05, 4.69) is 101 Å². The Morgan fingerprint density at radius 2 is 1.55 bits per heavy atom. The lowest BCUT2D eigenvalue weighted by Gasteiger charge is -2.05. The largest absolute Gasteiger partial charge is 0.372 e. The van der Waals surface area contributed by atoms with Gasteiger partial charge in [-0.05, 0) is 55.3 Å². The topological polar surface area (TPSA) is 31.0 Å². The van der Waals surface area contributed by atoms with Crippen LogP contribution in [-0.2, 0) is 14.1 Å². The van der Waals surface area contributed by atoms with Crippen LogP contribution in [0.1, 0.15) is 11.1 Å². The van der Waals surface area contributed by atoms with Gasteiger partial charge in [0.15, 0.2) is 0 Å². The van der Waals surface area contributed by atoms with E-state index in [0.717, 1.165) is 22.8 Å². The minimum Gasteiger partial charge on any atom is -0.262 e.